The molecule has 0 aliphatic rings. The molecule has 5 heteroatoms. The zero-order valence-corrected chi connectivity index (χ0v) is 13.1. The number of carbonyl (C=O) groups is 1. The summed E-state index contributed by atoms with van der Waals surface area (Å²) in [7, 11) is 1.85. The molecule has 0 aliphatic carbocycles. The maximum Gasteiger partial charge on any atom is 0.222 e. The quantitative estimate of drug-likeness (QED) is 0.886. The van der Waals surface area contributed by atoms with Crippen molar-refractivity contribution in [2.75, 3.05) is 7.05 Å². The molecule has 2 aromatic rings. The van der Waals surface area contributed by atoms with Crippen molar-refractivity contribution in [1.29, 1.82) is 0 Å². The summed E-state index contributed by atoms with van der Waals surface area (Å²) in [6, 6.07) is 7.67. The number of nitrogens with one attached hydrogen (secondary N) is 1. The fraction of sp³-hybridized carbons (Fsp3) is 0.375. The normalized spacial score (nSPS) is 12.1. The summed E-state index contributed by atoms with van der Waals surface area (Å²) in [6.45, 7) is 2.03. The van der Waals surface area contributed by atoms with Gasteiger partial charge in [0.2, 0.25) is 5.91 Å². The molecule has 0 fully saturated rings. The van der Waals surface area contributed by atoms with Crippen molar-refractivity contribution in [2.45, 2.75) is 32.2 Å². The SMILES string of the molecule is C[C@@H](c1ccc(Cl)cc1)N(C)C(=O)CCCc1cn[nH]c1. The van der Waals surface area contributed by atoms with Crippen LogP contribution in [0.1, 0.15) is 36.9 Å². The van der Waals surface area contributed by atoms with Gasteiger partial charge in [0.05, 0.1) is 12.2 Å². The lowest BCUT2D eigenvalue weighted by Gasteiger charge is -2.25. The summed E-state index contributed by atoms with van der Waals surface area (Å²) in [5, 5.41) is 7.39. The lowest BCUT2D eigenvalue weighted by Crippen LogP contribution is -2.29. The predicted octanol–water partition coefficient (Wildman–Crippen LogP) is 3.61. The van der Waals surface area contributed by atoms with Crippen molar-refractivity contribution in [3.8, 4) is 0 Å². The molecule has 112 valence electrons. The maximum absolute atomic E-state index is 12.2. The highest BCUT2D eigenvalue weighted by molar-refractivity contribution is 6.30. The minimum Gasteiger partial charge on any atom is -0.339 e. The lowest BCUT2D eigenvalue weighted by atomic mass is 10.1. The molecule has 0 radical (unpaired) electrons. The van der Waals surface area contributed by atoms with Crippen LogP contribution in [0.25, 0.3) is 0 Å². The van der Waals surface area contributed by atoms with Crippen LogP contribution < -0.4 is 0 Å². The molecule has 0 saturated carbocycles. The number of amides is 1. The smallest absolute Gasteiger partial charge is 0.222 e. The Hall–Kier alpha value is -1.81. The molecule has 1 N–H and O–H groups in total. The molecule has 1 aromatic heterocycles. The molecule has 1 amide bonds. The molecular formula is C16H20ClN3O. The third kappa shape index (κ3) is 4.33. The predicted molar refractivity (Wildman–Crippen MR) is 84.2 cm³/mol. The second-order valence-corrected chi connectivity index (χ2v) is 5.63. The Bertz CT molecular complexity index is 566. The Morgan fingerprint density at radius 3 is 2.71 bits per heavy atom. The fourth-order valence-corrected chi connectivity index (χ4v) is 2.34. The topological polar surface area (TPSA) is 49.0 Å². The van der Waals surface area contributed by atoms with Crippen LogP contribution in [0.3, 0.4) is 0 Å². The van der Waals surface area contributed by atoms with Gasteiger partial charge in [0.1, 0.15) is 0 Å². The van der Waals surface area contributed by atoms with E-state index in [0.29, 0.717) is 11.4 Å². The number of benzene rings is 1. The first-order valence-corrected chi connectivity index (χ1v) is 7.44. The Kier molecular flexibility index (Phi) is 5.39. The second kappa shape index (κ2) is 7.27. The Labute approximate surface area is 130 Å². The van der Waals surface area contributed by atoms with Crippen LogP contribution in [-0.2, 0) is 11.2 Å². The molecule has 0 spiro atoms. The van der Waals surface area contributed by atoms with Gasteiger partial charge >= 0.3 is 0 Å². The highest BCUT2D eigenvalue weighted by Gasteiger charge is 2.16. The highest BCUT2D eigenvalue weighted by Crippen LogP contribution is 2.21. The molecule has 0 saturated heterocycles. The van der Waals surface area contributed by atoms with Gasteiger partial charge in [-0.1, -0.05) is 23.7 Å². The van der Waals surface area contributed by atoms with Crippen LogP contribution in [0.4, 0.5) is 0 Å². The first-order valence-electron chi connectivity index (χ1n) is 7.06. The molecule has 1 atom stereocenters. The maximum atomic E-state index is 12.2. The minimum atomic E-state index is 0.0451. The molecule has 2 rings (SSSR count). The number of hydrogen-bond donors (Lipinski definition) is 1. The number of rotatable bonds is 6. The zero-order chi connectivity index (χ0) is 15.2. The van der Waals surface area contributed by atoms with Gasteiger partial charge in [0.25, 0.3) is 0 Å². The van der Waals surface area contributed by atoms with Gasteiger partial charge in [0.15, 0.2) is 0 Å². The summed E-state index contributed by atoms with van der Waals surface area (Å²) in [4.78, 5) is 14.0. The number of carbonyl (C=O) groups excluding carboxylic acids is 1. The monoisotopic (exact) mass is 305 g/mol. The minimum absolute atomic E-state index is 0.0451. The number of aryl methyl sites for hydroxylation is 1. The standard InChI is InChI=1S/C16H20ClN3O/c1-12(14-6-8-15(17)9-7-14)20(2)16(21)5-3-4-13-10-18-19-11-13/h6-12H,3-5H2,1-2H3,(H,18,19)/t12-/m0/s1. The van der Waals surface area contributed by atoms with Gasteiger partial charge in [-0.3, -0.25) is 9.89 Å². The third-order valence-corrected chi connectivity index (χ3v) is 3.99. The molecule has 0 aliphatic heterocycles. The average molecular weight is 306 g/mol. The molecule has 0 bridgehead atoms. The fourth-order valence-electron chi connectivity index (χ4n) is 2.22. The Morgan fingerprint density at radius 2 is 2.10 bits per heavy atom. The van der Waals surface area contributed by atoms with Gasteiger partial charge in [-0.15, -0.1) is 0 Å². The van der Waals surface area contributed by atoms with E-state index in [0.717, 1.165) is 24.0 Å². The van der Waals surface area contributed by atoms with E-state index in [9.17, 15) is 4.79 Å². The molecule has 1 aromatic carbocycles. The Balaban J connectivity index is 1.84. The molecule has 4 nitrogen and oxygen atoms in total. The first kappa shape index (κ1) is 15.6. The van der Waals surface area contributed by atoms with Gasteiger partial charge in [-0.25, -0.2) is 0 Å². The van der Waals surface area contributed by atoms with E-state index >= 15 is 0 Å². The van der Waals surface area contributed by atoms with Gasteiger partial charge < -0.3 is 4.90 Å². The number of nitrogens with zero attached hydrogens (tertiary/aromatic N) is 2. The van der Waals surface area contributed by atoms with Crippen LogP contribution in [0.2, 0.25) is 5.02 Å². The Morgan fingerprint density at radius 1 is 1.38 bits per heavy atom. The number of H-pyrrole nitrogens is 1. The van der Waals surface area contributed by atoms with Gasteiger partial charge in [0, 0.05) is 24.7 Å². The van der Waals surface area contributed by atoms with Crippen molar-refractivity contribution in [3.05, 3.63) is 52.8 Å². The second-order valence-electron chi connectivity index (χ2n) is 5.19. The van der Waals surface area contributed by atoms with Crippen LogP contribution in [0.15, 0.2) is 36.7 Å². The van der Waals surface area contributed by atoms with Crippen molar-refractivity contribution >= 4 is 17.5 Å². The number of aromatic amines is 1. The van der Waals surface area contributed by atoms with E-state index in [2.05, 4.69) is 10.2 Å². The van der Waals surface area contributed by atoms with Crippen LogP contribution in [-0.4, -0.2) is 28.1 Å². The lowest BCUT2D eigenvalue weighted by molar-refractivity contribution is -0.131. The van der Waals surface area contributed by atoms with Crippen molar-refractivity contribution in [3.63, 3.8) is 0 Å². The summed E-state index contributed by atoms with van der Waals surface area (Å²) in [6.07, 6.45) is 5.90. The summed E-state index contributed by atoms with van der Waals surface area (Å²) >= 11 is 5.89. The van der Waals surface area contributed by atoms with E-state index in [4.69, 9.17) is 11.6 Å². The molecule has 1 heterocycles. The van der Waals surface area contributed by atoms with E-state index in [1.807, 2.05) is 44.4 Å². The third-order valence-electron chi connectivity index (χ3n) is 3.74. The van der Waals surface area contributed by atoms with Gasteiger partial charge in [-0.2, -0.15) is 5.10 Å². The summed E-state index contributed by atoms with van der Waals surface area (Å²) in [5.41, 5.74) is 2.22. The first-order chi connectivity index (χ1) is 10.1. The van der Waals surface area contributed by atoms with E-state index in [1.165, 1.54) is 0 Å². The van der Waals surface area contributed by atoms with Crippen molar-refractivity contribution < 1.29 is 4.79 Å². The number of hydrogen-bond acceptors (Lipinski definition) is 2. The summed E-state index contributed by atoms with van der Waals surface area (Å²) in [5.74, 6) is 0.154. The van der Waals surface area contributed by atoms with E-state index in [-0.39, 0.29) is 11.9 Å². The van der Waals surface area contributed by atoms with Gasteiger partial charge in [-0.05, 0) is 43.0 Å². The zero-order valence-electron chi connectivity index (χ0n) is 12.3. The largest absolute Gasteiger partial charge is 0.339 e. The number of aromatic nitrogens is 2. The van der Waals surface area contributed by atoms with E-state index < -0.39 is 0 Å². The number of halogens is 1. The van der Waals surface area contributed by atoms with Crippen LogP contribution in [0, 0.1) is 0 Å². The van der Waals surface area contributed by atoms with E-state index in [1.54, 1.807) is 11.1 Å². The van der Waals surface area contributed by atoms with Crippen LogP contribution in [0.5, 0.6) is 0 Å². The average Bonchev–Trinajstić information content (AvgIpc) is 2.99. The molecule has 21 heavy (non-hydrogen) atoms. The van der Waals surface area contributed by atoms with Crippen LogP contribution >= 0.6 is 11.6 Å². The van der Waals surface area contributed by atoms with Crippen molar-refractivity contribution in [2.24, 2.45) is 0 Å². The highest BCUT2D eigenvalue weighted by atomic mass is 35.5. The summed E-state index contributed by atoms with van der Waals surface area (Å²) < 4.78 is 0. The molecular weight excluding hydrogens is 286 g/mol. The molecule has 0 unspecified atom stereocenters. The van der Waals surface area contributed by atoms with Crippen molar-refractivity contribution in [1.82, 2.24) is 15.1 Å².